The van der Waals surface area contributed by atoms with Crippen LogP contribution in [0.3, 0.4) is 0 Å². The minimum absolute atomic E-state index is 0.00559. The van der Waals surface area contributed by atoms with E-state index in [-0.39, 0.29) is 17.8 Å². The summed E-state index contributed by atoms with van der Waals surface area (Å²) in [7, 11) is 0. The maximum absolute atomic E-state index is 12.6. The molecule has 1 aliphatic carbocycles. The van der Waals surface area contributed by atoms with Gasteiger partial charge in [-0.3, -0.25) is 4.79 Å². The van der Waals surface area contributed by atoms with Crippen molar-refractivity contribution in [1.29, 1.82) is 0 Å². The van der Waals surface area contributed by atoms with Crippen LogP contribution in [-0.4, -0.2) is 18.5 Å². The fraction of sp³-hybridized carbons (Fsp3) is 0.300. The number of benzene rings is 2. The number of carbonyl (C=O) groups excluding carboxylic acids is 2. The van der Waals surface area contributed by atoms with Crippen LogP contribution in [0.1, 0.15) is 47.2 Å². The van der Waals surface area contributed by atoms with E-state index in [1.54, 1.807) is 31.2 Å². The zero-order chi connectivity index (χ0) is 16.9. The van der Waals surface area contributed by atoms with E-state index in [1.165, 1.54) is 5.56 Å². The van der Waals surface area contributed by atoms with Gasteiger partial charge in [0.25, 0.3) is 0 Å². The summed E-state index contributed by atoms with van der Waals surface area (Å²) in [6, 6.07) is 15.0. The SMILES string of the molecule is CCOC(=O)c1ccc(NC(=O)[C@H]2CCCc3ccccc32)cc1. The van der Waals surface area contributed by atoms with Gasteiger partial charge in [-0.2, -0.15) is 0 Å². The Bertz CT molecular complexity index is 737. The molecule has 24 heavy (non-hydrogen) atoms. The van der Waals surface area contributed by atoms with E-state index in [0.717, 1.165) is 24.8 Å². The van der Waals surface area contributed by atoms with Crippen molar-refractivity contribution in [2.75, 3.05) is 11.9 Å². The van der Waals surface area contributed by atoms with Gasteiger partial charge in [-0.25, -0.2) is 4.79 Å². The van der Waals surface area contributed by atoms with Gasteiger partial charge in [-0.05, 0) is 61.6 Å². The van der Waals surface area contributed by atoms with Crippen molar-refractivity contribution < 1.29 is 14.3 Å². The van der Waals surface area contributed by atoms with Crippen LogP contribution >= 0.6 is 0 Å². The minimum atomic E-state index is -0.350. The molecule has 4 heteroatoms. The first-order valence-electron chi connectivity index (χ1n) is 8.35. The molecule has 1 amide bonds. The Morgan fingerprint density at radius 3 is 2.62 bits per heavy atom. The summed E-state index contributed by atoms with van der Waals surface area (Å²) in [5.74, 6) is -0.456. The Morgan fingerprint density at radius 2 is 1.88 bits per heavy atom. The molecule has 0 unspecified atom stereocenters. The van der Waals surface area contributed by atoms with E-state index in [0.29, 0.717) is 17.9 Å². The molecule has 0 bridgehead atoms. The van der Waals surface area contributed by atoms with Gasteiger partial charge in [-0.15, -0.1) is 0 Å². The number of ether oxygens (including phenoxy) is 1. The normalized spacial score (nSPS) is 16.1. The lowest BCUT2D eigenvalue weighted by atomic mass is 9.82. The Labute approximate surface area is 141 Å². The second-order valence-corrected chi connectivity index (χ2v) is 5.93. The van der Waals surface area contributed by atoms with Gasteiger partial charge in [0.2, 0.25) is 5.91 Å². The van der Waals surface area contributed by atoms with Crippen LogP contribution in [0.5, 0.6) is 0 Å². The molecule has 0 saturated heterocycles. The van der Waals surface area contributed by atoms with Crippen molar-refractivity contribution in [3.05, 3.63) is 65.2 Å². The molecule has 2 aromatic carbocycles. The minimum Gasteiger partial charge on any atom is -0.462 e. The molecule has 0 aromatic heterocycles. The fourth-order valence-corrected chi connectivity index (χ4v) is 3.16. The van der Waals surface area contributed by atoms with E-state index in [2.05, 4.69) is 11.4 Å². The van der Waals surface area contributed by atoms with Gasteiger partial charge in [-0.1, -0.05) is 24.3 Å². The van der Waals surface area contributed by atoms with Crippen LogP contribution in [0, 0.1) is 0 Å². The van der Waals surface area contributed by atoms with Crippen molar-refractivity contribution in [1.82, 2.24) is 0 Å². The number of rotatable bonds is 4. The third kappa shape index (κ3) is 3.48. The molecule has 1 N–H and O–H groups in total. The number of hydrogen-bond donors (Lipinski definition) is 1. The number of esters is 1. The highest BCUT2D eigenvalue weighted by atomic mass is 16.5. The van der Waals surface area contributed by atoms with Crippen LogP contribution in [0.25, 0.3) is 0 Å². The van der Waals surface area contributed by atoms with Crippen LogP contribution in [0.2, 0.25) is 0 Å². The largest absolute Gasteiger partial charge is 0.462 e. The maximum Gasteiger partial charge on any atom is 0.338 e. The number of anilines is 1. The monoisotopic (exact) mass is 323 g/mol. The van der Waals surface area contributed by atoms with Gasteiger partial charge < -0.3 is 10.1 Å². The molecule has 4 nitrogen and oxygen atoms in total. The summed E-state index contributed by atoms with van der Waals surface area (Å²) in [6.07, 6.45) is 2.93. The standard InChI is InChI=1S/C20H21NO3/c1-2-24-20(23)15-10-12-16(13-11-15)21-19(22)18-9-5-7-14-6-3-4-8-17(14)18/h3-4,6,8,10-13,18H,2,5,7,9H2,1H3,(H,21,22)/t18-/m0/s1. The first kappa shape index (κ1) is 16.2. The van der Waals surface area contributed by atoms with Gasteiger partial charge in [0.15, 0.2) is 0 Å². The lowest BCUT2D eigenvalue weighted by molar-refractivity contribution is -0.117. The third-order valence-corrected chi connectivity index (χ3v) is 4.35. The quantitative estimate of drug-likeness (QED) is 0.868. The topological polar surface area (TPSA) is 55.4 Å². The average molecular weight is 323 g/mol. The van der Waals surface area contributed by atoms with E-state index in [4.69, 9.17) is 4.74 Å². The Balaban J connectivity index is 1.71. The Hall–Kier alpha value is -2.62. The lowest BCUT2D eigenvalue weighted by Crippen LogP contribution is -2.24. The van der Waals surface area contributed by atoms with Gasteiger partial charge >= 0.3 is 5.97 Å². The number of fused-ring (bicyclic) bond motifs is 1. The summed E-state index contributed by atoms with van der Waals surface area (Å²) < 4.78 is 4.96. The molecule has 2 aromatic rings. The van der Waals surface area contributed by atoms with E-state index in [1.807, 2.05) is 18.2 Å². The molecular weight excluding hydrogens is 302 g/mol. The van der Waals surface area contributed by atoms with E-state index in [9.17, 15) is 9.59 Å². The molecule has 1 aliphatic rings. The van der Waals surface area contributed by atoms with Gasteiger partial charge in [0, 0.05) is 5.69 Å². The lowest BCUT2D eigenvalue weighted by Gasteiger charge is -2.24. The van der Waals surface area contributed by atoms with Crippen LogP contribution in [0.15, 0.2) is 48.5 Å². The third-order valence-electron chi connectivity index (χ3n) is 4.35. The second-order valence-electron chi connectivity index (χ2n) is 5.93. The van der Waals surface area contributed by atoms with Gasteiger partial charge in [0.05, 0.1) is 18.1 Å². The Morgan fingerprint density at radius 1 is 1.12 bits per heavy atom. The highest BCUT2D eigenvalue weighted by molar-refractivity contribution is 5.97. The van der Waals surface area contributed by atoms with Crippen molar-refractivity contribution >= 4 is 17.6 Å². The summed E-state index contributed by atoms with van der Waals surface area (Å²) in [5, 5.41) is 2.96. The Kier molecular flexibility index (Phi) is 4.94. The highest BCUT2D eigenvalue weighted by Crippen LogP contribution is 2.32. The molecule has 0 radical (unpaired) electrons. The predicted octanol–water partition coefficient (Wildman–Crippen LogP) is 3.92. The molecule has 124 valence electrons. The molecule has 0 aliphatic heterocycles. The van der Waals surface area contributed by atoms with E-state index >= 15 is 0 Å². The van der Waals surface area contributed by atoms with Crippen molar-refractivity contribution in [2.45, 2.75) is 32.1 Å². The van der Waals surface area contributed by atoms with Crippen molar-refractivity contribution in [3.8, 4) is 0 Å². The molecule has 1 atom stereocenters. The summed E-state index contributed by atoms with van der Waals surface area (Å²) in [5.41, 5.74) is 3.57. The fourth-order valence-electron chi connectivity index (χ4n) is 3.16. The highest BCUT2D eigenvalue weighted by Gasteiger charge is 2.26. The van der Waals surface area contributed by atoms with Crippen LogP contribution in [-0.2, 0) is 16.0 Å². The average Bonchev–Trinajstić information content (AvgIpc) is 2.62. The van der Waals surface area contributed by atoms with Crippen molar-refractivity contribution in [3.63, 3.8) is 0 Å². The first-order chi connectivity index (χ1) is 11.7. The van der Waals surface area contributed by atoms with E-state index < -0.39 is 0 Å². The summed E-state index contributed by atoms with van der Waals surface area (Å²) >= 11 is 0. The second kappa shape index (κ2) is 7.30. The first-order valence-corrected chi connectivity index (χ1v) is 8.35. The number of carbonyl (C=O) groups is 2. The predicted molar refractivity (Wildman–Crippen MR) is 93.1 cm³/mol. The summed E-state index contributed by atoms with van der Waals surface area (Å²) in [6.45, 7) is 2.12. The summed E-state index contributed by atoms with van der Waals surface area (Å²) in [4.78, 5) is 24.3. The van der Waals surface area contributed by atoms with Crippen molar-refractivity contribution in [2.24, 2.45) is 0 Å². The molecular formula is C20H21NO3. The smallest absolute Gasteiger partial charge is 0.338 e. The van der Waals surface area contributed by atoms with Crippen LogP contribution in [0.4, 0.5) is 5.69 Å². The molecule has 0 fully saturated rings. The number of amides is 1. The van der Waals surface area contributed by atoms with Crippen LogP contribution < -0.4 is 5.32 Å². The molecule has 3 rings (SSSR count). The number of nitrogens with one attached hydrogen (secondary N) is 1. The zero-order valence-corrected chi connectivity index (χ0v) is 13.7. The number of aryl methyl sites for hydroxylation is 1. The van der Waals surface area contributed by atoms with Gasteiger partial charge in [0.1, 0.15) is 0 Å². The zero-order valence-electron chi connectivity index (χ0n) is 13.7. The number of hydrogen-bond acceptors (Lipinski definition) is 3. The molecule has 0 heterocycles. The maximum atomic E-state index is 12.6. The molecule has 0 spiro atoms. The molecule has 0 saturated carbocycles.